The van der Waals surface area contributed by atoms with Crippen LogP contribution >= 0.6 is 11.3 Å². The van der Waals surface area contributed by atoms with E-state index in [1.165, 1.54) is 0 Å². The molecular weight excluding hydrogens is 310 g/mol. The standard InChI is InChI=1S/C15H15N7S/c1-4-12(22(9-1)14-18-7-3-8-19-14)11-10-23-15(20-11)21-13-16-5-2-6-17-13/h2-3,5-8,10,12H,1,4,9H2,(H,16,17,20,21)/t12-/m0/s1. The third kappa shape index (κ3) is 2.98. The lowest BCUT2D eigenvalue weighted by Gasteiger charge is -2.22. The average Bonchev–Trinajstić information content (AvgIpc) is 3.25. The van der Waals surface area contributed by atoms with E-state index in [4.69, 9.17) is 4.98 Å². The summed E-state index contributed by atoms with van der Waals surface area (Å²) >= 11 is 1.56. The normalized spacial score (nSPS) is 17.4. The van der Waals surface area contributed by atoms with Gasteiger partial charge in [0.05, 0.1) is 11.7 Å². The third-order valence-electron chi connectivity index (χ3n) is 3.71. The summed E-state index contributed by atoms with van der Waals surface area (Å²) in [7, 11) is 0. The minimum atomic E-state index is 0.223. The molecule has 4 heterocycles. The van der Waals surface area contributed by atoms with Gasteiger partial charge in [0.25, 0.3) is 0 Å². The number of hydrogen-bond acceptors (Lipinski definition) is 8. The van der Waals surface area contributed by atoms with E-state index in [0.29, 0.717) is 5.95 Å². The van der Waals surface area contributed by atoms with E-state index in [0.717, 1.165) is 36.2 Å². The summed E-state index contributed by atoms with van der Waals surface area (Å²) in [6.45, 7) is 0.955. The van der Waals surface area contributed by atoms with Crippen molar-refractivity contribution >= 4 is 28.4 Å². The smallest absolute Gasteiger partial charge is 0.228 e. The van der Waals surface area contributed by atoms with Gasteiger partial charge in [-0.25, -0.2) is 24.9 Å². The van der Waals surface area contributed by atoms with Gasteiger partial charge in [-0.3, -0.25) is 0 Å². The van der Waals surface area contributed by atoms with Gasteiger partial charge in [-0.1, -0.05) is 0 Å². The molecular formula is C15H15N7S. The summed E-state index contributed by atoms with van der Waals surface area (Å²) in [4.78, 5) is 24.0. The van der Waals surface area contributed by atoms with Crippen molar-refractivity contribution in [3.63, 3.8) is 0 Å². The number of thiazole rings is 1. The fourth-order valence-electron chi connectivity index (χ4n) is 2.71. The minimum Gasteiger partial charge on any atom is -0.332 e. The van der Waals surface area contributed by atoms with Crippen LogP contribution in [0.25, 0.3) is 0 Å². The molecule has 0 bridgehead atoms. The zero-order chi connectivity index (χ0) is 15.5. The number of hydrogen-bond donors (Lipinski definition) is 1. The van der Waals surface area contributed by atoms with Gasteiger partial charge in [0.15, 0.2) is 5.13 Å². The van der Waals surface area contributed by atoms with Crippen molar-refractivity contribution in [3.05, 3.63) is 48.0 Å². The van der Waals surface area contributed by atoms with Crippen molar-refractivity contribution in [2.75, 3.05) is 16.8 Å². The molecule has 0 radical (unpaired) electrons. The zero-order valence-electron chi connectivity index (χ0n) is 12.3. The van der Waals surface area contributed by atoms with Crippen LogP contribution in [0.4, 0.5) is 17.0 Å². The quantitative estimate of drug-likeness (QED) is 0.790. The first-order valence-corrected chi connectivity index (χ1v) is 8.31. The molecule has 23 heavy (non-hydrogen) atoms. The molecule has 0 unspecified atom stereocenters. The predicted molar refractivity (Wildman–Crippen MR) is 88.8 cm³/mol. The molecule has 0 spiro atoms. The lowest BCUT2D eigenvalue weighted by Crippen LogP contribution is -2.24. The monoisotopic (exact) mass is 325 g/mol. The highest BCUT2D eigenvalue weighted by Crippen LogP contribution is 2.35. The van der Waals surface area contributed by atoms with Crippen molar-refractivity contribution in [2.24, 2.45) is 0 Å². The van der Waals surface area contributed by atoms with Gasteiger partial charge >= 0.3 is 0 Å². The molecule has 3 aromatic heterocycles. The largest absolute Gasteiger partial charge is 0.332 e. The summed E-state index contributed by atoms with van der Waals surface area (Å²) in [6, 6.07) is 3.84. The summed E-state index contributed by atoms with van der Waals surface area (Å²) < 4.78 is 0. The van der Waals surface area contributed by atoms with E-state index >= 15 is 0 Å². The second-order valence-corrected chi connectivity index (χ2v) is 6.03. The Bertz CT molecular complexity index is 762. The van der Waals surface area contributed by atoms with Gasteiger partial charge < -0.3 is 10.2 Å². The molecule has 1 saturated heterocycles. The van der Waals surface area contributed by atoms with Crippen molar-refractivity contribution in [1.29, 1.82) is 0 Å². The van der Waals surface area contributed by atoms with Crippen LogP contribution in [0.3, 0.4) is 0 Å². The maximum absolute atomic E-state index is 4.69. The van der Waals surface area contributed by atoms with Gasteiger partial charge in [0, 0.05) is 36.7 Å². The van der Waals surface area contributed by atoms with Crippen molar-refractivity contribution in [2.45, 2.75) is 18.9 Å². The van der Waals surface area contributed by atoms with E-state index < -0.39 is 0 Å². The Labute approximate surface area is 137 Å². The Hall–Kier alpha value is -2.61. The number of anilines is 3. The summed E-state index contributed by atoms with van der Waals surface area (Å²) in [6.07, 6.45) is 9.13. The van der Waals surface area contributed by atoms with Gasteiger partial charge in [-0.2, -0.15) is 0 Å². The van der Waals surface area contributed by atoms with E-state index in [1.807, 2.05) is 6.07 Å². The van der Waals surface area contributed by atoms with E-state index in [-0.39, 0.29) is 6.04 Å². The molecule has 8 heteroatoms. The molecule has 7 nitrogen and oxygen atoms in total. The predicted octanol–water partition coefficient (Wildman–Crippen LogP) is 2.81. The van der Waals surface area contributed by atoms with Gasteiger partial charge in [-0.05, 0) is 25.0 Å². The molecule has 0 saturated carbocycles. The molecule has 1 aliphatic heterocycles. The second kappa shape index (κ2) is 6.25. The molecule has 1 aliphatic rings. The first kappa shape index (κ1) is 14.0. The van der Waals surface area contributed by atoms with Gasteiger partial charge in [0.2, 0.25) is 11.9 Å². The average molecular weight is 325 g/mol. The van der Waals surface area contributed by atoms with Crippen LogP contribution in [0.2, 0.25) is 0 Å². The molecule has 1 atom stereocenters. The molecule has 0 aromatic carbocycles. The van der Waals surface area contributed by atoms with E-state index in [9.17, 15) is 0 Å². The Morgan fingerprint density at radius 3 is 2.57 bits per heavy atom. The number of rotatable bonds is 4. The second-order valence-electron chi connectivity index (χ2n) is 5.18. The van der Waals surface area contributed by atoms with Crippen molar-refractivity contribution in [3.8, 4) is 0 Å². The lowest BCUT2D eigenvalue weighted by molar-refractivity contribution is 0.685. The van der Waals surface area contributed by atoms with Crippen LogP contribution in [0, 0.1) is 0 Å². The molecule has 3 aromatic rings. The Morgan fingerprint density at radius 1 is 1.04 bits per heavy atom. The van der Waals surface area contributed by atoms with Crippen LogP contribution in [0.1, 0.15) is 24.6 Å². The molecule has 4 rings (SSSR count). The first-order chi connectivity index (χ1) is 11.4. The van der Waals surface area contributed by atoms with E-state index in [1.54, 1.807) is 42.2 Å². The number of nitrogens with zero attached hydrogens (tertiary/aromatic N) is 6. The van der Waals surface area contributed by atoms with Crippen LogP contribution in [0.15, 0.2) is 42.3 Å². The molecule has 1 N–H and O–H groups in total. The summed E-state index contributed by atoms with van der Waals surface area (Å²) in [5.74, 6) is 1.33. The highest BCUT2D eigenvalue weighted by atomic mass is 32.1. The SMILES string of the molecule is c1cnc(Nc2nc([C@@H]3CCCN3c3ncccn3)cs2)nc1. The molecule has 0 amide bonds. The molecule has 1 fully saturated rings. The van der Waals surface area contributed by atoms with Gasteiger partial charge in [0.1, 0.15) is 0 Å². The van der Waals surface area contributed by atoms with Gasteiger partial charge in [-0.15, -0.1) is 11.3 Å². The Balaban J connectivity index is 1.54. The fraction of sp³-hybridized carbons (Fsp3) is 0.267. The highest BCUT2D eigenvalue weighted by Gasteiger charge is 2.29. The topological polar surface area (TPSA) is 79.7 Å². The number of aromatic nitrogens is 5. The number of nitrogens with one attached hydrogen (secondary N) is 1. The Morgan fingerprint density at radius 2 is 1.78 bits per heavy atom. The van der Waals surface area contributed by atoms with Crippen molar-refractivity contribution in [1.82, 2.24) is 24.9 Å². The molecule has 0 aliphatic carbocycles. The zero-order valence-corrected chi connectivity index (χ0v) is 13.1. The fourth-order valence-corrected chi connectivity index (χ4v) is 3.46. The highest BCUT2D eigenvalue weighted by molar-refractivity contribution is 7.13. The van der Waals surface area contributed by atoms with E-state index in [2.05, 4.69) is 35.5 Å². The summed E-state index contributed by atoms with van der Waals surface area (Å²) in [5.41, 5.74) is 1.04. The summed E-state index contributed by atoms with van der Waals surface area (Å²) in [5, 5.41) is 6.02. The van der Waals surface area contributed by atoms with Crippen LogP contribution in [0.5, 0.6) is 0 Å². The lowest BCUT2D eigenvalue weighted by atomic mass is 10.2. The third-order valence-corrected chi connectivity index (χ3v) is 4.49. The Kier molecular flexibility index (Phi) is 3.81. The molecule has 116 valence electrons. The van der Waals surface area contributed by atoms with Crippen LogP contribution in [-0.2, 0) is 0 Å². The van der Waals surface area contributed by atoms with Crippen molar-refractivity contribution < 1.29 is 0 Å². The van der Waals surface area contributed by atoms with Crippen LogP contribution in [-0.4, -0.2) is 31.5 Å². The maximum Gasteiger partial charge on any atom is 0.228 e. The van der Waals surface area contributed by atoms with Crippen LogP contribution < -0.4 is 10.2 Å². The maximum atomic E-state index is 4.69. The minimum absolute atomic E-state index is 0.223. The first-order valence-electron chi connectivity index (χ1n) is 7.43.